The number of rotatable bonds is 47. The number of carbonyl (C=O) groups is 2. The molecule has 11 nitrogen and oxygen atoms in total. The second kappa shape index (κ2) is 44.6. The van der Waals surface area contributed by atoms with Crippen LogP contribution in [0.3, 0.4) is 0 Å². The molecule has 1 aliphatic rings. The molecule has 1 fully saturated rings. The Balaban J connectivity index is 2.75. The van der Waals surface area contributed by atoms with Crippen molar-refractivity contribution >= 4 is 11.9 Å². The molecule has 0 aromatic heterocycles. The van der Waals surface area contributed by atoms with Crippen LogP contribution in [0.2, 0.25) is 0 Å². The molecule has 390 valence electrons. The summed E-state index contributed by atoms with van der Waals surface area (Å²) in [6.07, 6.45) is 36.8. The first kappa shape index (κ1) is 62.4. The number of hydrogen-bond donors (Lipinski definition) is 6. The second-order valence-electron chi connectivity index (χ2n) is 19.7. The maximum Gasteiger partial charge on any atom is 0.306 e. The standard InChI is InChI=1S/C55H105NO10/c1-4-7-10-13-16-19-22-25-28-31-34-37-40-43-50(60)66-53-52(62)51(61)49(44-57)65-55(53)64-45-46(47(58)41-38-35-32-29-26-23-20-17-14-11-8-5-2)56-54(63)48(59)42-39-36-33-30-27-24-21-18-15-12-9-6-3/h38,41,46-49,51-53,55,57-59,61-62H,4-37,39-40,42-45H2,1-3H3,(H,56,63)/b41-38+. The highest BCUT2D eigenvalue weighted by Crippen LogP contribution is 2.26. The molecule has 0 radical (unpaired) electrons. The van der Waals surface area contributed by atoms with Crippen molar-refractivity contribution in [1.82, 2.24) is 5.32 Å². The molecule has 1 rings (SSSR count). The van der Waals surface area contributed by atoms with Gasteiger partial charge in [0, 0.05) is 6.42 Å². The summed E-state index contributed by atoms with van der Waals surface area (Å²) >= 11 is 0. The van der Waals surface area contributed by atoms with Crippen molar-refractivity contribution in [3.63, 3.8) is 0 Å². The Morgan fingerprint density at radius 3 is 1.42 bits per heavy atom. The van der Waals surface area contributed by atoms with Crippen LogP contribution >= 0.6 is 0 Å². The average molecular weight is 940 g/mol. The summed E-state index contributed by atoms with van der Waals surface area (Å²) in [7, 11) is 0. The van der Waals surface area contributed by atoms with Crippen molar-refractivity contribution in [2.45, 2.75) is 314 Å². The van der Waals surface area contributed by atoms with E-state index in [0.717, 1.165) is 57.8 Å². The van der Waals surface area contributed by atoms with Gasteiger partial charge in [0.15, 0.2) is 12.4 Å². The van der Waals surface area contributed by atoms with Crippen LogP contribution in [-0.4, -0.2) is 99.6 Å². The number of unbranched alkanes of at least 4 members (excludes halogenated alkanes) is 33. The van der Waals surface area contributed by atoms with Crippen molar-refractivity contribution in [1.29, 1.82) is 0 Å². The number of carbonyl (C=O) groups excluding carboxylic acids is 2. The third-order valence-corrected chi connectivity index (χ3v) is 13.4. The molecule has 0 spiro atoms. The predicted molar refractivity (Wildman–Crippen MR) is 269 cm³/mol. The van der Waals surface area contributed by atoms with Crippen molar-refractivity contribution in [3.05, 3.63) is 12.2 Å². The smallest absolute Gasteiger partial charge is 0.306 e. The number of hydrogen-bond acceptors (Lipinski definition) is 10. The Bertz CT molecular complexity index is 1130. The van der Waals surface area contributed by atoms with Crippen LogP contribution in [0.25, 0.3) is 0 Å². The van der Waals surface area contributed by atoms with E-state index in [9.17, 15) is 35.1 Å². The molecule has 11 heteroatoms. The highest BCUT2D eigenvalue weighted by Gasteiger charge is 2.47. The average Bonchev–Trinajstić information content (AvgIpc) is 3.31. The lowest BCUT2D eigenvalue weighted by molar-refractivity contribution is -0.305. The first-order valence-electron chi connectivity index (χ1n) is 28.0. The lowest BCUT2D eigenvalue weighted by Crippen LogP contribution is -2.61. The zero-order valence-electron chi connectivity index (χ0n) is 42.8. The maximum absolute atomic E-state index is 13.3. The minimum absolute atomic E-state index is 0.131. The number of nitrogens with one attached hydrogen (secondary N) is 1. The molecule has 0 saturated carbocycles. The van der Waals surface area contributed by atoms with Crippen LogP contribution in [0.4, 0.5) is 0 Å². The van der Waals surface area contributed by atoms with Gasteiger partial charge in [-0.15, -0.1) is 0 Å². The van der Waals surface area contributed by atoms with Gasteiger partial charge in [-0.2, -0.15) is 0 Å². The van der Waals surface area contributed by atoms with Gasteiger partial charge in [0.2, 0.25) is 5.91 Å². The van der Waals surface area contributed by atoms with Crippen LogP contribution in [0.15, 0.2) is 12.2 Å². The SMILES string of the molecule is CCCCCCCCCCCC/C=C/C(O)C(COC1OC(CO)C(O)C(O)C1OC(=O)CCCCCCCCCCCCCCC)NC(=O)C(O)CCCCCCCCCCCCCC. The van der Waals surface area contributed by atoms with E-state index in [2.05, 4.69) is 26.1 Å². The Kier molecular flexibility index (Phi) is 42.2. The van der Waals surface area contributed by atoms with Crippen LogP contribution in [0, 0.1) is 0 Å². The summed E-state index contributed by atoms with van der Waals surface area (Å²) in [5.41, 5.74) is 0. The van der Waals surface area contributed by atoms with Crippen LogP contribution in [0.1, 0.15) is 265 Å². The lowest BCUT2D eigenvalue weighted by atomic mass is 9.99. The van der Waals surface area contributed by atoms with Crippen molar-refractivity contribution < 1.29 is 49.3 Å². The molecule has 6 N–H and O–H groups in total. The summed E-state index contributed by atoms with van der Waals surface area (Å²) in [5.74, 6) is -1.18. The zero-order chi connectivity index (χ0) is 48.3. The lowest BCUT2D eigenvalue weighted by Gasteiger charge is -2.41. The molecular formula is C55H105NO10. The van der Waals surface area contributed by atoms with E-state index in [1.54, 1.807) is 6.08 Å². The quantitative estimate of drug-likeness (QED) is 0.0196. The van der Waals surface area contributed by atoms with Gasteiger partial charge in [0.05, 0.1) is 25.4 Å². The molecule has 0 aliphatic carbocycles. The van der Waals surface area contributed by atoms with Gasteiger partial charge in [0.1, 0.15) is 24.4 Å². The van der Waals surface area contributed by atoms with Crippen molar-refractivity contribution in [3.8, 4) is 0 Å². The topological polar surface area (TPSA) is 175 Å². The van der Waals surface area contributed by atoms with E-state index >= 15 is 0 Å². The molecule has 0 bridgehead atoms. The van der Waals surface area contributed by atoms with Gasteiger partial charge >= 0.3 is 5.97 Å². The van der Waals surface area contributed by atoms with E-state index in [-0.39, 0.29) is 13.0 Å². The van der Waals surface area contributed by atoms with E-state index in [0.29, 0.717) is 19.3 Å². The number of amides is 1. The third kappa shape index (κ3) is 33.0. The molecule has 0 aromatic rings. The first-order valence-corrected chi connectivity index (χ1v) is 28.0. The molecule has 8 unspecified atom stereocenters. The Morgan fingerprint density at radius 1 is 0.576 bits per heavy atom. The largest absolute Gasteiger partial charge is 0.454 e. The second-order valence-corrected chi connectivity index (χ2v) is 19.7. The summed E-state index contributed by atoms with van der Waals surface area (Å²) in [6.45, 7) is 5.78. The Hall–Kier alpha value is -1.60. The number of aliphatic hydroxyl groups excluding tert-OH is 5. The number of allylic oxidation sites excluding steroid dienone is 1. The van der Waals surface area contributed by atoms with Crippen LogP contribution in [-0.2, 0) is 23.8 Å². The number of ether oxygens (including phenoxy) is 3. The Labute approximate surface area is 404 Å². The number of aliphatic hydroxyl groups is 5. The van der Waals surface area contributed by atoms with Crippen molar-refractivity contribution in [2.24, 2.45) is 0 Å². The molecular weight excluding hydrogens is 835 g/mol. The highest BCUT2D eigenvalue weighted by molar-refractivity contribution is 5.80. The Morgan fingerprint density at radius 2 is 0.985 bits per heavy atom. The van der Waals surface area contributed by atoms with Gasteiger partial charge < -0.3 is 45.1 Å². The van der Waals surface area contributed by atoms with E-state index in [1.807, 2.05) is 6.08 Å². The summed E-state index contributed by atoms with van der Waals surface area (Å²) in [6, 6.07) is -1.01. The fourth-order valence-electron chi connectivity index (χ4n) is 8.95. The van der Waals surface area contributed by atoms with E-state index in [1.165, 1.54) is 161 Å². The minimum Gasteiger partial charge on any atom is -0.454 e. The molecule has 1 aliphatic heterocycles. The zero-order valence-corrected chi connectivity index (χ0v) is 42.8. The molecule has 0 aromatic carbocycles. The van der Waals surface area contributed by atoms with Gasteiger partial charge in [-0.05, 0) is 25.7 Å². The fourth-order valence-corrected chi connectivity index (χ4v) is 8.95. The fraction of sp³-hybridized carbons (Fsp3) is 0.927. The van der Waals surface area contributed by atoms with Crippen LogP contribution < -0.4 is 5.32 Å². The third-order valence-electron chi connectivity index (χ3n) is 13.4. The normalized spacial score (nSPS) is 20.2. The maximum atomic E-state index is 13.3. The molecule has 1 saturated heterocycles. The van der Waals surface area contributed by atoms with E-state index < -0.39 is 67.4 Å². The van der Waals surface area contributed by atoms with Crippen LogP contribution in [0.5, 0.6) is 0 Å². The molecule has 8 atom stereocenters. The summed E-state index contributed by atoms with van der Waals surface area (Å²) < 4.78 is 17.5. The van der Waals surface area contributed by atoms with E-state index in [4.69, 9.17) is 14.2 Å². The minimum atomic E-state index is -1.60. The van der Waals surface area contributed by atoms with Gasteiger partial charge in [-0.3, -0.25) is 9.59 Å². The highest BCUT2D eigenvalue weighted by atomic mass is 16.7. The molecule has 66 heavy (non-hydrogen) atoms. The summed E-state index contributed by atoms with van der Waals surface area (Å²) in [5, 5.41) is 56.7. The van der Waals surface area contributed by atoms with Gasteiger partial charge in [0.25, 0.3) is 0 Å². The predicted octanol–water partition coefficient (Wildman–Crippen LogP) is 12.0. The molecule has 1 amide bonds. The van der Waals surface area contributed by atoms with Crippen molar-refractivity contribution in [2.75, 3.05) is 13.2 Å². The molecule has 1 heterocycles. The number of esters is 1. The monoisotopic (exact) mass is 940 g/mol. The summed E-state index contributed by atoms with van der Waals surface area (Å²) in [4.78, 5) is 26.4. The van der Waals surface area contributed by atoms with Gasteiger partial charge in [-0.1, -0.05) is 245 Å². The first-order chi connectivity index (χ1) is 32.2. The van der Waals surface area contributed by atoms with Gasteiger partial charge in [-0.25, -0.2) is 0 Å².